The molecule has 0 aromatic heterocycles. The molecule has 0 N–H and O–H groups in total. The molecule has 2 bridgehead atoms. The fourth-order valence-corrected chi connectivity index (χ4v) is 3.89. The molecule has 0 amide bonds. The molecule has 0 saturated heterocycles. The summed E-state index contributed by atoms with van der Waals surface area (Å²) in [6.45, 7) is 7.12. The van der Waals surface area contributed by atoms with Crippen LogP contribution in [0.5, 0.6) is 0 Å². The van der Waals surface area contributed by atoms with Gasteiger partial charge in [-0.2, -0.15) is 0 Å². The molecular weight excluding hydrogens is 148 g/mol. The molecule has 1 nitrogen and oxygen atoms in total. The zero-order valence-electron chi connectivity index (χ0n) is 8.68. The van der Waals surface area contributed by atoms with Gasteiger partial charge in [-0.1, -0.05) is 20.8 Å². The van der Waals surface area contributed by atoms with E-state index in [2.05, 4.69) is 20.8 Å². The number of hydrogen-bond donors (Lipinski definition) is 0. The van der Waals surface area contributed by atoms with Crippen molar-refractivity contribution in [2.75, 3.05) is 7.11 Å². The summed E-state index contributed by atoms with van der Waals surface area (Å²) in [5.74, 6) is 1.67. The second kappa shape index (κ2) is 2.25. The van der Waals surface area contributed by atoms with Gasteiger partial charge in [-0.05, 0) is 36.5 Å². The third kappa shape index (κ3) is 0.693. The van der Waals surface area contributed by atoms with Gasteiger partial charge in [-0.3, -0.25) is 0 Å². The number of hydrogen-bond acceptors (Lipinski definition) is 1. The molecule has 0 heterocycles. The first-order valence-corrected chi connectivity index (χ1v) is 5.10. The molecule has 2 unspecified atom stereocenters. The van der Waals surface area contributed by atoms with Crippen LogP contribution in [0, 0.1) is 17.3 Å². The summed E-state index contributed by atoms with van der Waals surface area (Å²) >= 11 is 0. The lowest BCUT2D eigenvalue weighted by Gasteiger charge is -2.40. The van der Waals surface area contributed by atoms with Gasteiger partial charge in [0, 0.05) is 7.11 Å². The maximum absolute atomic E-state index is 5.82. The van der Waals surface area contributed by atoms with Gasteiger partial charge in [-0.15, -0.1) is 0 Å². The summed E-state index contributed by atoms with van der Waals surface area (Å²) in [7, 11) is 1.89. The summed E-state index contributed by atoms with van der Waals surface area (Å²) in [5, 5.41) is 0. The minimum atomic E-state index is 0.206. The summed E-state index contributed by atoms with van der Waals surface area (Å²) in [6.07, 6.45) is 4.04. The van der Waals surface area contributed by atoms with Crippen molar-refractivity contribution >= 4 is 0 Å². The fourth-order valence-electron chi connectivity index (χ4n) is 3.89. The highest BCUT2D eigenvalue weighted by atomic mass is 16.5. The highest BCUT2D eigenvalue weighted by Crippen LogP contribution is 2.64. The summed E-state index contributed by atoms with van der Waals surface area (Å²) in [4.78, 5) is 0. The number of ether oxygens (including phenoxy) is 1. The van der Waals surface area contributed by atoms with Crippen molar-refractivity contribution in [1.29, 1.82) is 0 Å². The van der Waals surface area contributed by atoms with Crippen LogP contribution in [0.25, 0.3) is 0 Å². The Labute approximate surface area is 75.5 Å². The smallest absolute Gasteiger partial charge is 0.0757 e. The average molecular weight is 168 g/mol. The second-order valence-corrected chi connectivity index (χ2v) is 5.19. The Balaban J connectivity index is 2.39. The van der Waals surface area contributed by atoms with Crippen LogP contribution in [0.1, 0.15) is 40.0 Å². The van der Waals surface area contributed by atoms with Crippen LogP contribution in [0.3, 0.4) is 0 Å². The Bertz CT molecular complexity index is 197. The van der Waals surface area contributed by atoms with Gasteiger partial charge >= 0.3 is 0 Å². The lowest BCUT2D eigenvalue weighted by molar-refractivity contribution is -0.0938. The van der Waals surface area contributed by atoms with Gasteiger partial charge in [-0.25, -0.2) is 0 Å². The van der Waals surface area contributed by atoms with Crippen LogP contribution in [0.15, 0.2) is 0 Å². The van der Waals surface area contributed by atoms with Crippen molar-refractivity contribution in [2.24, 2.45) is 17.3 Å². The molecule has 12 heavy (non-hydrogen) atoms. The number of rotatable bonds is 1. The van der Waals surface area contributed by atoms with Crippen molar-refractivity contribution in [3.05, 3.63) is 0 Å². The van der Waals surface area contributed by atoms with Gasteiger partial charge in [0.1, 0.15) is 0 Å². The quantitative estimate of drug-likeness (QED) is 0.585. The SMILES string of the molecule is CO[C@]12CCC(CC1C)C2(C)C. The first kappa shape index (κ1) is 8.55. The molecule has 2 aliphatic carbocycles. The maximum atomic E-state index is 5.82. The standard InChI is InChI=1S/C11H20O/c1-8-7-9-5-6-11(8,12-4)10(9,2)3/h8-9H,5-7H2,1-4H3/t8?,9?,11-/m1/s1. The van der Waals surface area contributed by atoms with Gasteiger partial charge in [0.2, 0.25) is 0 Å². The molecule has 0 radical (unpaired) electrons. The lowest BCUT2D eigenvalue weighted by Crippen LogP contribution is -2.43. The first-order valence-electron chi connectivity index (χ1n) is 5.10. The third-order valence-corrected chi connectivity index (χ3v) is 4.77. The highest BCUT2D eigenvalue weighted by molar-refractivity contribution is 5.13. The van der Waals surface area contributed by atoms with E-state index in [4.69, 9.17) is 4.74 Å². The third-order valence-electron chi connectivity index (χ3n) is 4.77. The van der Waals surface area contributed by atoms with E-state index in [0.717, 1.165) is 11.8 Å². The van der Waals surface area contributed by atoms with E-state index in [0.29, 0.717) is 5.41 Å². The molecule has 2 rings (SSSR count). The van der Waals surface area contributed by atoms with Crippen LogP contribution >= 0.6 is 0 Å². The molecule has 2 aliphatic rings. The van der Waals surface area contributed by atoms with Crippen molar-refractivity contribution in [2.45, 2.75) is 45.6 Å². The molecule has 3 atom stereocenters. The number of fused-ring (bicyclic) bond motifs is 2. The molecule has 1 heteroatoms. The van der Waals surface area contributed by atoms with E-state index >= 15 is 0 Å². The Morgan fingerprint density at radius 3 is 2.25 bits per heavy atom. The highest BCUT2D eigenvalue weighted by Gasteiger charge is 2.63. The lowest BCUT2D eigenvalue weighted by atomic mass is 9.76. The molecule has 2 saturated carbocycles. The van der Waals surface area contributed by atoms with Crippen molar-refractivity contribution < 1.29 is 4.74 Å². The van der Waals surface area contributed by atoms with Crippen LogP contribution < -0.4 is 0 Å². The van der Waals surface area contributed by atoms with Crippen molar-refractivity contribution in [1.82, 2.24) is 0 Å². The maximum Gasteiger partial charge on any atom is 0.0757 e. The minimum absolute atomic E-state index is 0.206. The van der Waals surface area contributed by atoms with Crippen LogP contribution in [-0.2, 0) is 4.74 Å². The van der Waals surface area contributed by atoms with E-state index in [1.54, 1.807) is 0 Å². The molecule has 2 fully saturated rings. The van der Waals surface area contributed by atoms with E-state index in [-0.39, 0.29) is 5.60 Å². The largest absolute Gasteiger partial charge is 0.377 e. The Morgan fingerprint density at radius 2 is 2.00 bits per heavy atom. The van der Waals surface area contributed by atoms with Gasteiger partial charge < -0.3 is 4.74 Å². The predicted molar refractivity (Wildman–Crippen MR) is 50.0 cm³/mol. The summed E-state index contributed by atoms with van der Waals surface area (Å²) in [6, 6.07) is 0. The second-order valence-electron chi connectivity index (χ2n) is 5.19. The molecule has 0 aromatic carbocycles. The van der Waals surface area contributed by atoms with Crippen LogP contribution in [0.4, 0.5) is 0 Å². The van der Waals surface area contributed by atoms with E-state index < -0.39 is 0 Å². The van der Waals surface area contributed by atoms with Gasteiger partial charge in [0.15, 0.2) is 0 Å². The predicted octanol–water partition coefficient (Wildman–Crippen LogP) is 2.85. The van der Waals surface area contributed by atoms with Crippen LogP contribution in [-0.4, -0.2) is 12.7 Å². The fraction of sp³-hybridized carbons (Fsp3) is 1.00. The molecule has 0 spiro atoms. The Morgan fingerprint density at radius 1 is 1.33 bits per heavy atom. The van der Waals surface area contributed by atoms with Gasteiger partial charge in [0.25, 0.3) is 0 Å². The van der Waals surface area contributed by atoms with Crippen LogP contribution in [0.2, 0.25) is 0 Å². The minimum Gasteiger partial charge on any atom is -0.377 e. The average Bonchev–Trinajstić information content (AvgIpc) is 2.36. The molecule has 0 aromatic rings. The summed E-state index contributed by atoms with van der Waals surface area (Å²) < 4.78 is 5.82. The molecular formula is C11H20O. The zero-order valence-corrected chi connectivity index (χ0v) is 8.68. The first-order chi connectivity index (χ1) is 5.54. The van der Waals surface area contributed by atoms with Gasteiger partial charge in [0.05, 0.1) is 5.60 Å². The zero-order chi connectivity index (χ0) is 8.98. The number of methoxy groups -OCH3 is 1. The topological polar surface area (TPSA) is 9.23 Å². The Hall–Kier alpha value is -0.0400. The molecule has 70 valence electrons. The van der Waals surface area contributed by atoms with Crippen molar-refractivity contribution in [3.8, 4) is 0 Å². The summed E-state index contributed by atoms with van der Waals surface area (Å²) in [5.41, 5.74) is 0.624. The normalized spacial score (nSPS) is 50.0. The Kier molecular flexibility index (Phi) is 1.61. The van der Waals surface area contributed by atoms with E-state index in [1.807, 2.05) is 7.11 Å². The monoisotopic (exact) mass is 168 g/mol. The van der Waals surface area contributed by atoms with Crippen molar-refractivity contribution in [3.63, 3.8) is 0 Å². The van der Waals surface area contributed by atoms with E-state index in [9.17, 15) is 0 Å². The van der Waals surface area contributed by atoms with E-state index in [1.165, 1.54) is 19.3 Å². The molecule has 0 aliphatic heterocycles.